The molecular formula is C12H9F2NO2. The van der Waals surface area contributed by atoms with Crippen molar-refractivity contribution in [1.82, 2.24) is 4.98 Å². The van der Waals surface area contributed by atoms with Crippen molar-refractivity contribution in [1.29, 1.82) is 0 Å². The van der Waals surface area contributed by atoms with Crippen molar-refractivity contribution in [2.24, 2.45) is 0 Å². The first kappa shape index (κ1) is 11.3. The van der Waals surface area contributed by atoms with Gasteiger partial charge in [0, 0.05) is 12.3 Å². The van der Waals surface area contributed by atoms with E-state index in [2.05, 4.69) is 4.98 Å². The monoisotopic (exact) mass is 237 g/mol. The van der Waals surface area contributed by atoms with E-state index in [0.717, 1.165) is 12.1 Å². The van der Waals surface area contributed by atoms with Gasteiger partial charge in [-0.1, -0.05) is 6.07 Å². The fourth-order valence-corrected chi connectivity index (χ4v) is 1.31. The largest absolute Gasteiger partial charge is 0.489 e. The van der Waals surface area contributed by atoms with Crippen LogP contribution in [0.3, 0.4) is 0 Å². The summed E-state index contributed by atoms with van der Waals surface area (Å²) >= 11 is 0. The topological polar surface area (TPSA) is 42.1 Å². The number of aromatic amines is 1. The summed E-state index contributed by atoms with van der Waals surface area (Å²) in [6, 6.07) is 6.36. The van der Waals surface area contributed by atoms with Crippen LogP contribution >= 0.6 is 0 Å². The average molecular weight is 237 g/mol. The van der Waals surface area contributed by atoms with Gasteiger partial charge in [-0.15, -0.1) is 0 Å². The minimum atomic E-state index is -0.919. The van der Waals surface area contributed by atoms with E-state index in [9.17, 15) is 13.6 Å². The van der Waals surface area contributed by atoms with Crippen molar-refractivity contribution in [2.75, 3.05) is 0 Å². The van der Waals surface area contributed by atoms with Crippen molar-refractivity contribution in [3.8, 4) is 5.75 Å². The molecule has 0 atom stereocenters. The normalized spacial score (nSPS) is 10.2. The van der Waals surface area contributed by atoms with Crippen molar-refractivity contribution in [3.63, 3.8) is 0 Å². The summed E-state index contributed by atoms with van der Waals surface area (Å²) < 4.78 is 30.8. The lowest BCUT2D eigenvalue weighted by Crippen LogP contribution is -2.04. The van der Waals surface area contributed by atoms with Gasteiger partial charge < -0.3 is 9.72 Å². The zero-order valence-electron chi connectivity index (χ0n) is 8.74. The van der Waals surface area contributed by atoms with Crippen molar-refractivity contribution >= 4 is 0 Å². The van der Waals surface area contributed by atoms with Crippen LogP contribution in [0.25, 0.3) is 0 Å². The Bertz CT molecular complexity index is 581. The molecule has 0 saturated carbocycles. The fourth-order valence-electron chi connectivity index (χ4n) is 1.31. The fraction of sp³-hybridized carbons (Fsp3) is 0.0833. The number of rotatable bonds is 3. The highest BCUT2D eigenvalue weighted by Crippen LogP contribution is 2.12. The number of benzene rings is 1. The molecule has 0 unspecified atom stereocenters. The lowest BCUT2D eigenvalue weighted by atomic mass is 10.2. The third-order valence-corrected chi connectivity index (χ3v) is 2.14. The molecule has 0 spiro atoms. The minimum absolute atomic E-state index is 0.0701. The second-order valence-electron chi connectivity index (χ2n) is 3.43. The SMILES string of the molecule is O=c1cc(OCc2ccc(F)c(F)c2)cc[nH]1. The highest BCUT2D eigenvalue weighted by Gasteiger charge is 2.03. The predicted octanol–water partition coefficient (Wildman–Crippen LogP) is 2.23. The maximum Gasteiger partial charge on any atom is 0.251 e. The van der Waals surface area contributed by atoms with Crippen LogP contribution in [0.2, 0.25) is 0 Å². The standard InChI is InChI=1S/C12H9F2NO2/c13-10-2-1-8(5-11(10)14)7-17-9-3-4-15-12(16)6-9/h1-6H,7H2,(H,15,16). The zero-order valence-corrected chi connectivity index (χ0v) is 8.74. The number of hydrogen-bond donors (Lipinski definition) is 1. The first-order valence-corrected chi connectivity index (χ1v) is 4.90. The Kier molecular flexibility index (Phi) is 3.18. The molecule has 0 aliphatic rings. The number of halogens is 2. The van der Waals surface area contributed by atoms with Gasteiger partial charge in [0.15, 0.2) is 11.6 Å². The summed E-state index contributed by atoms with van der Waals surface area (Å²) in [5.41, 5.74) is 0.206. The van der Waals surface area contributed by atoms with Gasteiger partial charge >= 0.3 is 0 Å². The first-order valence-electron chi connectivity index (χ1n) is 4.90. The maximum atomic E-state index is 12.9. The summed E-state index contributed by atoms with van der Waals surface area (Å²) in [7, 11) is 0. The van der Waals surface area contributed by atoms with Gasteiger partial charge in [-0.2, -0.15) is 0 Å². The number of H-pyrrole nitrogens is 1. The second-order valence-corrected chi connectivity index (χ2v) is 3.43. The summed E-state index contributed by atoms with van der Waals surface area (Å²) in [4.78, 5) is 13.4. The van der Waals surface area contributed by atoms with Gasteiger partial charge in [0.25, 0.3) is 5.56 Å². The predicted molar refractivity (Wildman–Crippen MR) is 57.8 cm³/mol. The van der Waals surface area contributed by atoms with E-state index in [-0.39, 0.29) is 12.2 Å². The van der Waals surface area contributed by atoms with Gasteiger partial charge in [-0.25, -0.2) is 8.78 Å². The van der Waals surface area contributed by atoms with Crippen LogP contribution in [0.1, 0.15) is 5.56 Å². The molecular weight excluding hydrogens is 228 g/mol. The van der Waals surface area contributed by atoms with E-state index < -0.39 is 11.6 Å². The Labute approximate surface area is 95.7 Å². The van der Waals surface area contributed by atoms with Gasteiger partial charge in [0.2, 0.25) is 0 Å². The lowest BCUT2D eigenvalue weighted by Gasteiger charge is -2.05. The van der Waals surface area contributed by atoms with E-state index in [0.29, 0.717) is 11.3 Å². The van der Waals surface area contributed by atoms with Gasteiger partial charge in [0.05, 0.1) is 0 Å². The Morgan fingerprint density at radius 3 is 2.65 bits per heavy atom. The van der Waals surface area contributed by atoms with Crippen molar-refractivity contribution in [3.05, 3.63) is 64.1 Å². The Morgan fingerprint density at radius 1 is 1.12 bits per heavy atom. The van der Waals surface area contributed by atoms with Crippen LogP contribution in [0.5, 0.6) is 5.75 Å². The summed E-state index contributed by atoms with van der Waals surface area (Å²) in [6.07, 6.45) is 1.45. The molecule has 1 aromatic carbocycles. The molecule has 0 aliphatic heterocycles. The van der Waals surface area contributed by atoms with Crippen molar-refractivity contribution < 1.29 is 13.5 Å². The van der Waals surface area contributed by atoms with Crippen LogP contribution in [0.15, 0.2) is 41.3 Å². The average Bonchev–Trinajstić information content (AvgIpc) is 2.31. The quantitative estimate of drug-likeness (QED) is 0.889. The van der Waals surface area contributed by atoms with Crippen LogP contribution < -0.4 is 10.3 Å². The Hall–Kier alpha value is -2.17. The molecule has 0 aliphatic carbocycles. The molecule has 0 saturated heterocycles. The van der Waals surface area contributed by atoms with Crippen LogP contribution in [0, 0.1) is 11.6 Å². The molecule has 1 N–H and O–H groups in total. The van der Waals surface area contributed by atoms with Crippen LogP contribution in [0.4, 0.5) is 8.78 Å². The van der Waals surface area contributed by atoms with Crippen LogP contribution in [-0.4, -0.2) is 4.98 Å². The van der Waals surface area contributed by atoms with Crippen molar-refractivity contribution in [2.45, 2.75) is 6.61 Å². The molecule has 88 valence electrons. The first-order chi connectivity index (χ1) is 8.15. The number of nitrogens with one attached hydrogen (secondary N) is 1. The van der Waals surface area contributed by atoms with E-state index in [4.69, 9.17) is 4.74 Å². The Morgan fingerprint density at radius 2 is 1.94 bits per heavy atom. The molecule has 17 heavy (non-hydrogen) atoms. The van der Waals surface area contributed by atoms with Gasteiger partial charge in [0.1, 0.15) is 12.4 Å². The van der Waals surface area contributed by atoms with Crippen LogP contribution in [-0.2, 0) is 6.61 Å². The highest BCUT2D eigenvalue weighted by molar-refractivity contribution is 5.20. The molecule has 0 bridgehead atoms. The van der Waals surface area contributed by atoms with E-state index >= 15 is 0 Å². The van der Waals surface area contributed by atoms with Gasteiger partial charge in [-0.05, 0) is 23.8 Å². The zero-order chi connectivity index (χ0) is 12.3. The molecule has 3 nitrogen and oxygen atoms in total. The second kappa shape index (κ2) is 4.78. The molecule has 1 aromatic heterocycles. The van der Waals surface area contributed by atoms with Gasteiger partial charge in [-0.3, -0.25) is 4.79 Å². The number of hydrogen-bond acceptors (Lipinski definition) is 2. The Balaban J connectivity index is 2.07. The van der Waals surface area contributed by atoms with E-state index in [1.165, 1.54) is 18.3 Å². The third-order valence-electron chi connectivity index (χ3n) is 2.14. The number of aromatic nitrogens is 1. The summed E-state index contributed by atoms with van der Waals surface area (Å²) in [5.74, 6) is -1.44. The molecule has 5 heteroatoms. The molecule has 1 heterocycles. The number of ether oxygens (including phenoxy) is 1. The molecule has 0 fully saturated rings. The smallest absolute Gasteiger partial charge is 0.251 e. The minimum Gasteiger partial charge on any atom is -0.489 e. The van der Waals surface area contributed by atoms with E-state index in [1.807, 2.05) is 0 Å². The van der Waals surface area contributed by atoms with E-state index in [1.54, 1.807) is 6.07 Å². The summed E-state index contributed by atoms with van der Waals surface area (Å²) in [5, 5.41) is 0. The molecule has 0 radical (unpaired) electrons. The summed E-state index contributed by atoms with van der Waals surface area (Å²) in [6.45, 7) is 0.0701. The number of pyridine rings is 1. The molecule has 0 amide bonds. The lowest BCUT2D eigenvalue weighted by molar-refractivity contribution is 0.304. The molecule has 2 rings (SSSR count). The maximum absolute atomic E-state index is 12.9. The third kappa shape index (κ3) is 2.90. The highest BCUT2D eigenvalue weighted by atomic mass is 19.2. The molecule has 2 aromatic rings.